The molecule has 0 aliphatic rings. The molecule has 0 fully saturated rings. The molecule has 0 aromatic heterocycles. The van der Waals surface area contributed by atoms with Crippen molar-refractivity contribution < 1.29 is 13.5 Å². The Hall–Kier alpha value is -1.65. The van der Waals surface area contributed by atoms with Crippen molar-refractivity contribution in [3.05, 3.63) is 64.2 Å². The van der Waals surface area contributed by atoms with Crippen molar-refractivity contribution in [1.82, 2.24) is 0 Å². The minimum absolute atomic E-state index is 0.106. The van der Waals surface area contributed by atoms with E-state index in [2.05, 4.69) is 0 Å². The summed E-state index contributed by atoms with van der Waals surface area (Å²) >= 11 is 6.08. The molecule has 0 aliphatic heterocycles. The quantitative estimate of drug-likeness (QED) is 0.917. The van der Waals surface area contributed by atoms with Crippen LogP contribution in [0.4, 0.5) is 8.78 Å². The van der Waals surface area contributed by atoms with Crippen molar-refractivity contribution in [2.24, 2.45) is 5.73 Å². The summed E-state index contributed by atoms with van der Waals surface area (Å²) in [7, 11) is 0. The molecule has 0 aliphatic carbocycles. The van der Waals surface area contributed by atoms with Crippen LogP contribution in [0.15, 0.2) is 36.4 Å². The lowest BCUT2D eigenvalue weighted by atomic mass is 10.1. The number of hydrogen-bond acceptors (Lipinski definition) is 2. The fourth-order valence-electron chi connectivity index (χ4n) is 1.71. The molecule has 2 aromatic carbocycles. The maximum Gasteiger partial charge on any atom is 0.159 e. The third-order valence-electron chi connectivity index (χ3n) is 2.86. The Kier molecular flexibility index (Phi) is 4.57. The predicted molar refractivity (Wildman–Crippen MR) is 74.7 cm³/mol. The van der Waals surface area contributed by atoms with Gasteiger partial charge in [-0.1, -0.05) is 23.7 Å². The van der Waals surface area contributed by atoms with Gasteiger partial charge in [-0.05, 0) is 42.3 Å². The normalized spacial score (nSPS) is 12.2. The Bertz CT molecular complexity index is 617. The molecule has 0 unspecified atom stereocenters. The molecule has 2 N–H and O–H groups in total. The summed E-state index contributed by atoms with van der Waals surface area (Å²) in [6.45, 7) is 1.96. The van der Waals surface area contributed by atoms with E-state index < -0.39 is 11.6 Å². The summed E-state index contributed by atoms with van der Waals surface area (Å²) in [5.74, 6) is -1.31. The zero-order valence-corrected chi connectivity index (χ0v) is 11.6. The summed E-state index contributed by atoms with van der Waals surface area (Å²) in [6.07, 6.45) is 0. The van der Waals surface area contributed by atoms with Gasteiger partial charge >= 0.3 is 0 Å². The van der Waals surface area contributed by atoms with Crippen LogP contribution in [0.5, 0.6) is 5.75 Å². The van der Waals surface area contributed by atoms with Crippen LogP contribution in [0.3, 0.4) is 0 Å². The third-order valence-corrected chi connectivity index (χ3v) is 3.16. The van der Waals surface area contributed by atoms with E-state index in [9.17, 15) is 8.78 Å². The molecule has 0 bridgehead atoms. The van der Waals surface area contributed by atoms with Crippen molar-refractivity contribution in [3.63, 3.8) is 0 Å². The van der Waals surface area contributed by atoms with Crippen molar-refractivity contribution in [1.29, 1.82) is 0 Å². The van der Waals surface area contributed by atoms with Gasteiger partial charge in [0.25, 0.3) is 0 Å². The highest BCUT2D eigenvalue weighted by Crippen LogP contribution is 2.28. The number of ether oxygens (including phenoxy) is 1. The average Bonchev–Trinajstić information content (AvgIpc) is 2.41. The second-order valence-corrected chi connectivity index (χ2v) is 4.92. The van der Waals surface area contributed by atoms with Crippen molar-refractivity contribution in [3.8, 4) is 5.75 Å². The third kappa shape index (κ3) is 3.46. The van der Waals surface area contributed by atoms with Crippen LogP contribution in [-0.2, 0) is 6.61 Å². The van der Waals surface area contributed by atoms with E-state index in [0.29, 0.717) is 16.3 Å². The van der Waals surface area contributed by atoms with Crippen LogP contribution < -0.4 is 10.5 Å². The Morgan fingerprint density at radius 1 is 1.15 bits per heavy atom. The molecule has 5 heteroatoms. The molecule has 0 saturated heterocycles. The lowest BCUT2D eigenvalue weighted by Crippen LogP contribution is -2.05. The number of halogens is 3. The largest absolute Gasteiger partial charge is 0.487 e. The van der Waals surface area contributed by atoms with E-state index in [1.165, 1.54) is 6.07 Å². The smallest absolute Gasteiger partial charge is 0.159 e. The van der Waals surface area contributed by atoms with Crippen LogP contribution in [0.1, 0.15) is 24.1 Å². The second-order valence-electron chi connectivity index (χ2n) is 4.52. The summed E-state index contributed by atoms with van der Waals surface area (Å²) in [5, 5.41) is 0.433. The summed E-state index contributed by atoms with van der Waals surface area (Å²) < 4.78 is 31.3. The first-order valence-corrected chi connectivity index (χ1v) is 6.47. The van der Waals surface area contributed by atoms with Crippen molar-refractivity contribution in [2.75, 3.05) is 0 Å². The first-order valence-electron chi connectivity index (χ1n) is 6.09. The van der Waals surface area contributed by atoms with E-state index in [1.54, 1.807) is 12.1 Å². The predicted octanol–water partition coefficient (Wildman–Crippen LogP) is 4.22. The molecular formula is C15H14ClF2NO. The van der Waals surface area contributed by atoms with Crippen LogP contribution in [0.2, 0.25) is 5.02 Å². The van der Waals surface area contributed by atoms with Crippen LogP contribution in [-0.4, -0.2) is 0 Å². The second kappa shape index (κ2) is 6.20. The van der Waals surface area contributed by atoms with E-state index >= 15 is 0 Å². The van der Waals surface area contributed by atoms with Gasteiger partial charge in [0.05, 0.1) is 5.02 Å². The minimum atomic E-state index is -0.899. The molecule has 0 radical (unpaired) electrons. The van der Waals surface area contributed by atoms with Crippen LogP contribution in [0.25, 0.3) is 0 Å². The van der Waals surface area contributed by atoms with E-state index in [0.717, 1.165) is 17.7 Å². The molecule has 1 atom stereocenters. The molecule has 2 rings (SSSR count). The highest BCUT2D eigenvalue weighted by atomic mass is 35.5. The van der Waals surface area contributed by atoms with Gasteiger partial charge < -0.3 is 10.5 Å². The number of rotatable bonds is 4. The molecule has 0 spiro atoms. The van der Waals surface area contributed by atoms with Gasteiger partial charge in [-0.3, -0.25) is 0 Å². The monoisotopic (exact) mass is 297 g/mol. The number of nitrogens with two attached hydrogens (primary N) is 1. The van der Waals surface area contributed by atoms with Crippen LogP contribution >= 0.6 is 11.6 Å². The lowest BCUT2D eigenvalue weighted by Gasteiger charge is -2.11. The van der Waals surface area contributed by atoms with Gasteiger partial charge in [0.15, 0.2) is 11.6 Å². The summed E-state index contributed by atoms with van der Waals surface area (Å²) in [4.78, 5) is 0. The molecule has 2 aromatic rings. The topological polar surface area (TPSA) is 35.2 Å². The molecular weight excluding hydrogens is 284 g/mol. The highest BCUT2D eigenvalue weighted by Gasteiger charge is 2.07. The molecule has 20 heavy (non-hydrogen) atoms. The molecule has 0 saturated carbocycles. The average molecular weight is 298 g/mol. The van der Waals surface area contributed by atoms with Gasteiger partial charge in [0.2, 0.25) is 0 Å². The number of hydrogen-bond donors (Lipinski definition) is 1. The Balaban J connectivity index is 2.09. The van der Waals surface area contributed by atoms with Gasteiger partial charge in [-0.2, -0.15) is 0 Å². The fraction of sp³-hybridized carbons (Fsp3) is 0.200. The fourth-order valence-corrected chi connectivity index (χ4v) is 1.95. The van der Waals surface area contributed by atoms with E-state index in [4.69, 9.17) is 22.1 Å². The standard InChI is InChI=1S/C15H14ClF2NO/c1-9(19)11-3-5-15(12(16)7-11)20-8-10-2-4-13(17)14(18)6-10/h2-7,9H,8,19H2,1H3/t9-/m1/s1. The lowest BCUT2D eigenvalue weighted by molar-refractivity contribution is 0.305. The highest BCUT2D eigenvalue weighted by molar-refractivity contribution is 6.32. The molecule has 106 valence electrons. The van der Waals surface area contributed by atoms with Crippen LogP contribution in [0, 0.1) is 11.6 Å². The zero-order chi connectivity index (χ0) is 14.7. The van der Waals surface area contributed by atoms with Gasteiger partial charge in [-0.25, -0.2) is 8.78 Å². The summed E-state index contributed by atoms with van der Waals surface area (Å²) in [5.41, 5.74) is 7.17. The first-order chi connectivity index (χ1) is 9.47. The minimum Gasteiger partial charge on any atom is -0.487 e. The number of benzene rings is 2. The SMILES string of the molecule is C[C@@H](N)c1ccc(OCc2ccc(F)c(F)c2)c(Cl)c1. The van der Waals surface area contributed by atoms with Gasteiger partial charge in [0, 0.05) is 6.04 Å². The Labute approximate surface area is 121 Å². The molecule has 2 nitrogen and oxygen atoms in total. The summed E-state index contributed by atoms with van der Waals surface area (Å²) in [6, 6.07) is 8.76. The molecule has 0 heterocycles. The maximum absolute atomic E-state index is 13.1. The van der Waals surface area contributed by atoms with E-state index in [1.807, 2.05) is 13.0 Å². The molecule has 0 amide bonds. The van der Waals surface area contributed by atoms with Crippen molar-refractivity contribution >= 4 is 11.6 Å². The first kappa shape index (κ1) is 14.8. The van der Waals surface area contributed by atoms with E-state index in [-0.39, 0.29) is 12.6 Å². The van der Waals surface area contributed by atoms with Gasteiger partial charge in [-0.15, -0.1) is 0 Å². The van der Waals surface area contributed by atoms with Crippen molar-refractivity contribution in [2.45, 2.75) is 19.6 Å². The van der Waals surface area contributed by atoms with Gasteiger partial charge in [0.1, 0.15) is 12.4 Å². The zero-order valence-electron chi connectivity index (χ0n) is 10.9. The maximum atomic E-state index is 13.1. The Morgan fingerprint density at radius 3 is 2.50 bits per heavy atom. The Morgan fingerprint density at radius 2 is 1.90 bits per heavy atom.